The zero-order valence-electron chi connectivity index (χ0n) is 13.8. The fraction of sp³-hybridized carbons (Fsp3) is 0.0769. The van der Waals surface area contributed by atoms with Gasteiger partial charge in [-0.15, -0.1) is 0 Å². The van der Waals surface area contributed by atoms with Crippen LogP contribution in [0.3, 0.4) is 0 Å². The summed E-state index contributed by atoms with van der Waals surface area (Å²) >= 11 is 0. The summed E-state index contributed by atoms with van der Waals surface area (Å²) in [7, 11) is -3.75. The van der Waals surface area contributed by atoms with Gasteiger partial charge >= 0.3 is 59.1 Å². The predicted molar refractivity (Wildman–Crippen MR) is 77.2 cm³/mol. The first-order valence-corrected chi connectivity index (χ1v) is 7.81. The zero-order chi connectivity index (χ0) is 13.2. The Bertz CT molecular complexity index is 670. The molecule has 0 aliphatic rings. The molecular formula is C13H15Na2O3PS. The minimum absolute atomic E-state index is 0. The quantitative estimate of drug-likeness (QED) is 0.356. The maximum atomic E-state index is 11.1. The normalized spacial score (nSPS) is 10.9. The maximum Gasteiger partial charge on any atom is 1.00 e. The molecule has 7 heteroatoms. The minimum Gasteiger partial charge on any atom is -1.00 e. The van der Waals surface area contributed by atoms with E-state index in [9.17, 15) is 8.42 Å². The summed E-state index contributed by atoms with van der Waals surface area (Å²) in [6.07, 6.45) is 0. The van der Waals surface area contributed by atoms with Crippen molar-refractivity contribution in [3.63, 3.8) is 0 Å². The molecule has 20 heavy (non-hydrogen) atoms. The molecule has 0 heterocycles. The van der Waals surface area contributed by atoms with E-state index >= 15 is 0 Å². The van der Waals surface area contributed by atoms with E-state index in [-0.39, 0.29) is 66.9 Å². The molecule has 2 aromatic carbocycles. The molecule has 0 aromatic heterocycles. The monoisotopic (exact) mass is 328 g/mol. The fourth-order valence-corrected chi connectivity index (χ4v) is 3.36. The summed E-state index contributed by atoms with van der Waals surface area (Å²) < 4.78 is 31.3. The van der Waals surface area contributed by atoms with Gasteiger partial charge in [0, 0.05) is 0 Å². The predicted octanol–water partition coefficient (Wildman–Crippen LogP) is -3.90. The third-order valence-electron chi connectivity index (χ3n) is 2.56. The molecule has 1 N–H and O–H groups in total. The average Bonchev–Trinajstić information content (AvgIpc) is 2.32. The van der Waals surface area contributed by atoms with Crippen molar-refractivity contribution in [3.8, 4) is 0 Å². The van der Waals surface area contributed by atoms with Crippen LogP contribution in [0.2, 0.25) is 0 Å². The van der Waals surface area contributed by atoms with Crippen LogP contribution in [0, 0.1) is 6.92 Å². The van der Waals surface area contributed by atoms with Crippen LogP contribution in [-0.2, 0) is 10.1 Å². The molecule has 3 nitrogen and oxygen atoms in total. The second kappa shape index (κ2) is 9.04. The molecule has 98 valence electrons. The molecule has 2 rings (SSSR count). The van der Waals surface area contributed by atoms with Gasteiger partial charge in [-0.3, -0.25) is 4.55 Å². The number of benzene rings is 2. The van der Waals surface area contributed by atoms with Crippen molar-refractivity contribution in [2.24, 2.45) is 0 Å². The van der Waals surface area contributed by atoms with Crippen LogP contribution in [0.5, 0.6) is 0 Å². The zero-order valence-corrected chi connectivity index (χ0v) is 17.6. The van der Waals surface area contributed by atoms with Crippen LogP contribution in [0.15, 0.2) is 53.4 Å². The second-order valence-electron chi connectivity index (χ2n) is 3.94. The van der Waals surface area contributed by atoms with Gasteiger partial charge in [0.15, 0.2) is 0 Å². The molecular weight excluding hydrogens is 313 g/mol. The van der Waals surface area contributed by atoms with Crippen LogP contribution < -0.4 is 69.7 Å². The van der Waals surface area contributed by atoms with Crippen molar-refractivity contribution >= 4 is 29.3 Å². The Kier molecular flexibility index (Phi) is 9.39. The van der Waals surface area contributed by atoms with Gasteiger partial charge in [0.2, 0.25) is 0 Å². The molecule has 2 aromatic rings. The average molecular weight is 328 g/mol. The Balaban J connectivity index is -0.000000902. The number of aryl methyl sites for hydroxylation is 1. The molecule has 0 radical (unpaired) electrons. The van der Waals surface area contributed by atoms with Crippen molar-refractivity contribution in [2.75, 3.05) is 0 Å². The van der Waals surface area contributed by atoms with Gasteiger partial charge in [-0.1, -0.05) is 45.0 Å². The Labute approximate surface area is 168 Å². The van der Waals surface area contributed by atoms with Gasteiger partial charge in [-0.25, -0.2) is 0 Å². The van der Waals surface area contributed by atoms with E-state index in [1.165, 1.54) is 12.1 Å². The van der Waals surface area contributed by atoms with Gasteiger partial charge < -0.3 is 2.85 Å². The minimum atomic E-state index is -4.13. The van der Waals surface area contributed by atoms with Crippen LogP contribution in [0.25, 0.3) is 0 Å². The van der Waals surface area contributed by atoms with E-state index in [4.69, 9.17) is 4.55 Å². The van der Waals surface area contributed by atoms with Crippen molar-refractivity contribution in [3.05, 3.63) is 54.1 Å². The third-order valence-corrected chi connectivity index (χ3v) is 4.84. The van der Waals surface area contributed by atoms with Gasteiger partial charge in [0.05, 0.1) is 4.90 Å². The number of rotatable bonds is 3. The molecule has 0 aliphatic heterocycles. The summed E-state index contributed by atoms with van der Waals surface area (Å²) in [6, 6.07) is 14.5. The Morgan fingerprint density at radius 2 is 1.65 bits per heavy atom. The first-order chi connectivity index (χ1) is 8.47. The molecule has 0 saturated heterocycles. The molecule has 0 bridgehead atoms. The summed E-state index contributed by atoms with van der Waals surface area (Å²) in [5.41, 5.74) is 1.02. The number of hydrogen-bond donors (Lipinski definition) is 1. The van der Waals surface area contributed by atoms with E-state index in [2.05, 4.69) is 0 Å². The molecule has 0 spiro atoms. The van der Waals surface area contributed by atoms with Crippen molar-refractivity contribution in [1.29, 1.82) is 0 Å². The van der Waals surface area contributed by atoms with Crippen LogP contribution in [0.1, 0.15) is 8.42 Å². The van der Waals surface area contributed by atoms with E-state index in [0.29, 0.717) is 8.58 Å². The topological polar surface area (TPSA) is 54.4 Å². The Morgan fingerprint density at radius 3 is 2.20 bits per heavy atom. The summed E-state index contributed by atoms with van der Waals surface area (Å²) in [4.78, 5) is -0.0495. The Morgan fingerprint density at radius 1 is 1.05 bits per heavy atom. The molecule has 0 amide bonds. The van der Waals surface area contributed by atoms with Crippen LogP contribution in [-0.4, -0.2) is 13.0 Å². The first-order valence-electron chi connectivity index (χ1n) is 5.37. The Hall–Kier alpha value is 0.780. The van der Waals surface area contributed by atoms with Gasteiger partial charge in [-0.05, 0) is 35.2 Å². The molecule has 0 saturated carbocycles. The van der Waals surface area contributed by atoms with E-state index in [0.717, 1.165) is 16.2 Å². The molecule has 1 unspecified atom stereocenters. The van der Waals surface area contributed by atoms with Crippen molar-refractivity contribution in [1.82, 2.24) is 0 Å². The standard InChI is InChI=1S/C13H13O3PS.2Na.2H/c1-10-7-8-12(18(14,15)16)9-13(10)17-11-5-3-2-4-6-11;;;;/h2-9,17H,1H3,(H,14,15,16);;;;/q;2*+1;2*-1. The third kappa shape index (κ3) is 5.88. The van der Waals surface area contributed by atoms with Crippen molar-refractivity contribution in [2.45, 2.75) is 11.8 Å². The van der Waals surface area contributed by atoms with E-state index in [1.54, 1.807) is 6.07 Å². The van der Waals surface area contributed by atoms with Crippen LogP contribution in [0.4, 0.5) is 0 Å². The van der Waals surface area contributed by atoms with Gasteiger partial charge in [0.1, 0.15) is 0 Å². The molecule has 0 aliphatic carbocycles. The summed E-state index contributed by atoms with van der Waals surface area (Å²) in [6.45, 7) is 1.93. The smallest absolute Gasteiger partial charge is 1.00 e. The summed E-state index contributed by atoms with van der Waals surface area (Å²) in [5, 5.41) is 2.06. The number of hydrogen-bond acceptors (Lipinski definition) is 2. The molecule has 0 fully saturated rings. The summed E-state index contributed by atoms with van der Waals surface area (Å²) in [5.74, 6) is 0. The van der Waals surface area contributed by atoms with Crippen molar-refractivity contribution < 1.29 is 74.9 Å². The van der Waals surface area contributed by atoms with E-state index in [1.807, 2.05) is 37.3 Å². The largest absolute Gasteiger partial charge is 1.00 e. The first kappa shape index (κ1) is 20.8. The van der Waals surface area contributed by atoms with Crippen LogP contribution >= 0.6 is 8.58 Å². The van der Waals surface area contributed by atoms with Gasteiger partial charge in [0.25, 0.3) is 10.1 Å². The second-order valence-corrected chi connectivity index (χ2v) is 6.73. The van der Waals surface area contributed by atoms with Gasteiger partial charge in [-0.2, -0.15) is 8.42 Å². The SMILES string of the molecule is Cc1ccc(S(=O)(=O)O)cc1Pc1ccccc1.[H-].[H-].[Na+].[Na+]. The molecule has 1 atom stereocenters. The van der Waals surface area contributed by atoms with E-state index < -0.39 is 10.1 Å². The fourth-order valence-electron chi connectivity index (χ4n) is 1.57. The maximum absolute atomic E-state index is 11.1.